The van der Waals surface area contributed by atoms with Gasteiger partial charge in [-0.1, -0.05) is 46.3 Å². The van der Waals surface area contributed by atoms with Gasteiger partial charge in [-0.05, 0) is 43.2 Å². The third-order valence-electron chi connectivity index (χ3n) is 4.06. The molecule has 0 bridgehead atoms. The molecular weight excluding hydrogens is 424 g/mol. The van der Waals surface area contributed by atoms with Gasteiger partial charge in [0.05, 0.1) is 18.4 Å². The van der Waals surface area contributed by atoms with Crippen LogP contribution in [0.1, 0.15) is 28.5 Å². The molecule has 144 valence electrons. The van der Waals surface area contributed by atoms with Crippen LogP contribution < -0.4 is 10.3 Å². The van der Waals surface area contributed by atoms with E-state index in [0.717, 1.165) is 20.3 Å². The number of rotatable bonds is 6. The van der Waals surface area contributed by atoms with Crippen LogP contribution in [0.25, 0.3) is 5.69 Å². The van der Waals surface area contributed by atoms with Gasteiger partial charge in [0.2, 0.25) is 5.69 Å². The number of ether oxygens (including phenoxy) is 2. The van der Waals surface area contributed by atoms with Crippen molar-refractivity contribution < 1.29 is 14.3 Å². The van der Waals surface area contributed by atoms with E-state index in [4.69, 9.17) is 9.47 Å². The quantitative estimate of drug-likeness (QED) is 0.538. The van der Waals surface area contributed by atoms with E-state index in [1.54, 1.807) is 25.1 Å². The van der Waals surface area contributed by atoms with Gasteiger partial charge in [-0.15, -0.1) is 0 Å². The third kappa shape index (κ3) is 4.48. The Balaban J connectivity index is 2.01. The molecule has 3 rings (SSSR count). The largest absolute Gasteiger partial charge is 0.486 e. The zero-order valence-corrected chi connectivity index (χ0v) is 17.1. The number of carbonyl (C=O) groups excluding carboxylic acids is 1. The molecule has 7 heteroatoms. The van der Waals surface area contributed by atoms with Crippen molar-refractivity contribution >= 4 is 21.9 Å². The minimum atomic E-state index is -0.647. The number of aromatic nitrogens is 2. The summed E-state index contributed by atoms with van der Waals surface area (Å²) in [7, 11) is 0. The molecule has 0 aliphatic carbocycles. The molecule has 1 aromatic heterocycles. The van der Waals surface area contributed by atoms with Crippen LogP contribution in [-0.2, 0) is 11.3 Å². The summed E-state index contributed by atoms with van der Waals surface area (Å²) in [5, 5.41) is 4.22. The van der Waals surface area contributed by atoms with Gasteiger partial charge in [0, 0.05) is 4.47 Å². The molecule has 28 heavy (non-hydrogen) atoms. The van der Waals surface area contributed by atoms with Gasteiger partial charge in [-0.25, -0.2) is 4.79 Å². The highest BCUT2D eigenvalue weighted by atomic mass is 79.9. The fourth-order valence-electron chi connectivity index (χ4n) is 2.61. The second-order valence-corrected chi connectivity index (χ2v) is 6.94. The Kier molecular flexibility index (Phi) is 6.26. The van der Waals surface area contributed by atoms with Crippen molar-refractivity contribution in [2.45, 2.75) is 20.5 Å². The van der Waals surface area contributed by atoms with Gasteiger partial charge in [0.25, 0.3) is 5.56 Å². The average Bonchev–Trinajstić information content (AvgIpc) is 2.67. The van der Waals surface area contributed by atoms with Gasteiger partial charge in [-0.3, -0.25) is 4.79 Å². The van der Waals surface area contributed by atoms with E-state index in [9.17, 15) is 9.59 Å². The van der Waals surface area contributed by atoms with Crippen molar-refractivity contribution in [2.75, 3.05) is 6.61 Å². The van der Waals surface area contributed by atoms with Gasteiger partial charge in [0.1, 0.15) is 6.61 Å². The van der Waals surface area contributed by atoms with E-state index < -0.39 is 11.5 Å². The molecule has 2 aromatic carbocycles. The number of hydrogen-bond donors (Lipinski definition) is 0. The Morgan fingerprint density at radius 2 is 1.93 bits per heavy atom. The number of carbonyl (C=O) groups is 1. The molecular formula is C21H19BrN2O4. The highest BCUT2D eigenvalue weighted by Gasteiger charge is 2.20. The van der Waals surface area contributed by atoms with Gasteiger partial charge < -0.3 is 9.47 Å². The first-order valence-corrected chi connectivity index (χ1v) is 9.53. The van der Waals surface area contributed by atoms with Gasteiger partial charge in [-0.2, -0.15) is 9.78 Å². The molecule has 0 fully saturated rings. The lowest BCUT2D eigenvalue weighted by Crippen LogP contribution is -2.25. The summed E-state index contributed by atoms with van der Waals surface area (Å²) in [4.78, 5) is 25.0. The van der Waals surface area contributed by atoms with Crippen molar-refractivity contribution in [1.29, 1.82) is 0 Å². The first kappa shape index (κ1) is 19.8. The maximum atomic E-state index is 12.6. The Labute approximate surface area is 170 Å². The summed E-state index contributed by atoms with van der Waals surface area (Å²) in [5.74, 6) is -0.552. The molecule has 6 nitrogen and oxygen atoms in total. The molecule has 0 N–H and O–H groups in total. The first-order valence-electron chi connectivity index (χ1n) is 8.74. The molecule has 0 saturated carbocycles. The predicted octanol–water partition coefficient (Wildman–Crippen LogP) is 4.06. The van der Waals surface area contributed by atoms with Crippen LogP contribution in [0, 0.1) is 6.92 Å². The van der Waals surface area contributed by atoms with E-state index in [-0.39, 0.29) is 24.7 Å². The minimum absolute atomic E-state index is 0.0463. The monoisotopic (exact) mass is 442 g/mol. The van der Waals surface area contributed by atoms with E-state index in [1.807, 2.05) is 37.3 Å². The van der Waals surface area contributed by atoms with Crippen molar-refractivity contribution in [3.05, 3.63) is 86.2 Å². The summed E-state index contributed by atoms with van der Waals surface area (Å²) < 4.78 is 12.8. The normalized spacial score (nSPS) is 10.5. The van der Waals surface area contributed by atoms with E-state index >= 15 is 0 Å². The van der Waals surface area contributed by atoms with Gasteiger partial charge >= 0.3 is 5.97 Å². The van der Waals surface area contributed by atoms with E-state index in [2.05, 4.69) is 21.0 Å². The Hall–Kier alpha value is -2.93. The standard InChI is InChI=1S/C21H19BrN2O4/c1-3-27-21(26)20-18(28-13-15-8-5-4-7-14(15)2)12-19(25)24(23-20)17-10-6-9-16(22)11-17/h4-12H,3,13H2,1-2H3. The van der Waals surface area contributed by atoms with Crippen molar-refractivity contribution in [3.63, 3.8) is 0 Å². The van der Waals surface area contributed by atoms with E-state index in [1.165, 1.54) is 6.07 Å². The summed E-state index contributed by atoms with van der Waals surface area (Å²) in [6, 6.07) is 16.1. The number of benzene rings is 2. The second-order valence-electron chi connectivity index (χ2n) is 6.02. The number of nitrogens with zero attached hydrogens (tertiary/aromatic N) is 2. The zero-order chi connectivity index (χ0) is 20.1. The maximum Gasteiger partial charge on any atom is 0.362 e. The lowest BCUT2D eigenvalue weighted by atomic mass is 10.1. The summed E-state index contributed by atoms with van der Waals surface area (Å²) in [6.07, 6.45) is 0. The number of halogens is 1. The van der Waals surface area contributed by atoms with Crippen molar-refractivity contribution in [2.24, 2.45) is 0 Å². The summed E-state index contributed by atoms with van der Waals surface area (Å²) in [5.41, 5.74) is 2.07. The number of esters is 1. The van der Waals surface area contributed by atoms with E-state index in [0.29, 0.717) is 5.69 Å². The SMILES string of the molecule is CCOC(=O)c1nn(-c2cccc(Br)c2)c(=O)cc1OCc1ccccc1C. The number of aryl methyl sites for hydroxylation is 1. The molecule has 0 spiro atoms. The molecule has 3 aromatic rings. The fraction of sp³-hybridized carbons (Fsp3) is 0.190. The average molecular weight is 443 g/mol. The van der Waals surface area contributed by atoms with Crippen LogP contribution in [0.4, 0.5) is 0 Å². The minimum Gasteiger partial charge on any atom is -0.486 e. The van der Waals surface area contributed by atoms with Crippen molar-refractivity contribution in [3.8, 4) is 11.4 Å². The lowest BCUT2D eigenvalue weighted by Gasteiger charge is -2.13. The van der Waals surface area contributed by atoms with Crippen LogP contribution in [0.15, 0.2) is 63.9 Å². The molecule has 0 radical (unpaired) electrons. The zero-order valence-electron chi connectivity index (χ0n) is 15.5. The summed E-state index contributed by atoms with van der Waals surface area (Å²) >= 11 is 3.37. The van der Waals surface area contributed by atoms with Crippen LogP contribution >= 0.6 is 15.9 Å². The molecule has 0 amide bonds. The van der Waals surface area contributed by atoms with Crippen LogP contribution in [0.2, 0.25) is 0 Å². The molecule has 0 aliphatic rings. The fourth-order valence-corrected chi connectivity index (χ4v) is 3.00. The maximum absolute atomic E-state index is 12.6. The molecule has 0 unspecified atom stereocenters. The number of hydrogen-bond acceptors (Lipinski definition) is 5. The van der Waals surface area contributed by atoms with Crippen LogP contribution in [0.3, 0.4) is 0 Å². The molecule has 0 atom stereocenters. The van der Waals surface area contributed by atoms with Crippen LogP contribution in [-0.4, -0.2) is 22.4 Å². The molecule has 0 saturated heterocycles. The topological polar surface area (TPSA) is 70.4 Å². The molecule has 1 heterocycles. The molecule has 0 aliphatic heterocycles. The highest BCUT2D eigenvalue weighted by Crippen LogP contribution is 2.20. The lowest BCUT2D eigenvalue weighted by molar-refractivity contribution is 0.0511. The highest BCUT2D eigenvalue weighted by molar-refractivity contribution is 9.10. The second kappa shape index (κ2) is 8.84. The first-order chi connectivity index (χ1) is 13.5. The summed E-state index contributed by atoms with van der Waals surface area (Å²) in [6.45, 7) is 4.07. The predicted molar refractivity (Wildman–Crippen MR) is 109 cm³/mol. The van der Waals surface area contributed by atoms with Crippen LogP contribution in [0.5, 0.6) is 5.75 Å². The Morgan fingerprint density at radius 1 is 1.14 bits per heavy atom. The third-order valence-corrected chi connectivity index (χ3v) is 4.56. The Morgan fingerprint density at radius 3 is 2.64 bits per heavy atom. The van der Waals surface area contributed by atoms with Gasteiger partial charge in [0.15, 0.2) is 5.75 Å². The smallest absolute Gasteiger partial charge is 0.362 e. The Bertz CT molecular complexity index is 1060. The van der Waals surface area contributed by atoms with Crippen molar-refractivity contribution in [1.82, 2.24) is 9.78 Å².